The first-order valence-corrected chi connectivity index (χ1v) is 23.6. The molecule has 4 heterocycles. The monoisotopic (exact) mass is 872 g/mol. The average molecular weight is 873 g/mol. The van der Waals surface area contributed by atoms with Gasteiger partial charge in [0.05, 0.1) is 34.4 Å². The zero-order valence-corrected chi connectivity index (χ0v) is 35.7. The quantitative estimate of drug-likeness (QED) is 0.132. The Morgan fingerprint density at radius 3 is 1.53 bits per heavy atom. The van der Waals surface area contributed by atoms with Crippen molar-refractivity contribution in [1.82, 2.24) is 28.5 Å². The predicted octanol–water partition coefficient (Wildman–Crippen LogP) is 3.17. The maximum Gasteiger partial charge on any atom is 0.224 e. The van der Waals surface area contributed by atoms with Crippen LogP contribution in [0.1, 0.15) is 83.0 Å². The first kappa shape index (κ1) is 48.6. The summed E-state index contributed by atoms with van der Waals surface area (Å²) in [7, 11) is -7.41. The number of nitrogens with zero attached hydrogens (tertiary/aromatic N) is 6. The van der Waals surface area contributed by atoms with E-state index >= 15 is 0 Å². The number of aryl methyl sites for hydroxylation is 2. The third-order valence-electron chi connectivity index (χ3n) is 9.42. The number of sulfonamides is 2. The average Bonchev–Trinajstić information content (AvgIpc) is 3.18. The normalized spacial score (nSPS) is 16.0. The van der Waals surface area contributed by atoms with Crippen LogP contribution in [-0.2, 0) is 30.8 Å². The molecule has 0 spiro atoms. The molecule has 0 bridgehead atoms. The lowest BCUT2D eigenvalue weighted by Crippen LogP contribution is -2.42. The summed E-state index contributed by atoms with van der Waals surface area (Å²) in [5.74, 6) is 0.460. The van der Waals surface area contributed by atoms with Gasteiger partial charge in [-0.3, -0.25) is 13.8 Å². The zero-order valence-electron chi connectivity index (χ0n) is 33.3. The van der Waals surface area contributed by atoms with Crippen LogP contribution >= 0.6 is 0 Å². The molecular formula is C39H56N10O7S3. The molecule has 0 saturated carbocycles. The van der Waals surface area contributed by atoms with Crippen LogP contribution in [0.25, 0.3) is 0 Å². The predicted molar refractivity (Wildman–Crippen MR) is 232 cm³/mol. The number of benzene rings is 2. The summed E-state index contributed by atoms with van der Waals surface area (Å²) in [4.78, 5) is 41.2. The lowest BCUT2D eigenvalue weighted by molar-refractivity contribution is 0.103. The van der Waals surface area contributed by atoms with Crippen molar-refractivity contribution in [2.75, 3.05) is 61.2 Å². The van der Waals surface area contributed by atoms with Gasteiger partial charge in [0.2, 0.25) is 31.2 Å². The molecule has 2 aromatic heterocycles. The van der Waals surface area contributed by atoms with Crippen molar-refractivity contribution in [2.45, 2.75) is 71.1 Å². The smallest absolute Gasteiger partial charge is 0.224 e. The molecule has 1 atom stereocenters. The van der Waals surface area contributed by atoms with Crippen molar-refractivity contribution in [3.8, 4) is 0 Å². The van der Waals surface area contributed by atoms with Gasteiger partial charge in [-0.25, -0.2) is 40.4 Å². The number of rotatable bonds is 10. The highest BCUT2D eigenvalue weighted by atomic mass is 32.2. The summed E-state index contributed by atoms with van der Waals surface area (Å²) in [6.07, 6.45) is 8.10. The Labute approximate surface area is 350 Å². The van der Waals surface area contributed by atoms with Crippen LogP contribution in [0.4, 0.5) is 17.6 Å². The minimum atomic E-state index is -3.16. The van der Waals surface area contributed by atoms with E-state index in [1.165, 1.54) is 33.5 Å². The Kier molecular flexibility index (Phi) is 17.7. The maximum absolute atomic E-state index is 12.6. The van der Waals surface area contributed by atoms with Gasteiger partial charge in [0.1, 0.15) is 11.6 Å². The van der Waals surface area contributed by atoms with Crippen molar-refractivity contribution in [3.05, 3.63) is 94.3 Å². The number of nitrogens with two attached hydrogens (primary N) is 3. The molecule has 2 aromatic carbocycles. The summed E-state index contributed by atoms with van der Waals surface area (Å²) < 4.78 is 59.6. The van der Waals surface area contributed by atoms with Gasteiger partial charge in [0, 0.05) is 67.5 Å². The molecule has 2 fully saturated rings. The van der Waals surface area contributed by atoms with E-state index in [1.807, 2.05) is 38.1 Å². The van der Waals surface area contributed by atoms with E-state index < -0.39 is 30.8 Å². The Hall–Kier alpha value is -4.73. The van der Waals surface area contributed by atoms with Crippen LogP contribution in [0.2, 0.25) is 0 Å². The number of carbonyl (C=O) groups excluding carboxylic acids is 2. The Morgan fingerprint density at radius 1 is 0.729 bits per heavy atom. The van der Waals surface area contributed by atoms with Gasteiger partial charge < -0.3 is 22.5 Å². The van der Waals surface area contributed by atoms with Crippen molar-refractivity contribution in [3.63, 3.8) is 0 Å². The van der Waals surface area contributed by atoms with E-state index in [2.05, 4.69) is 25.3 Å². The summed E-state index contributed by atoms with van der Waals surface area (Å²) in [5, 5.41) is 3.33. The molecule has 7 N–H and O–H groups in total. The van der Waals surface area contributed by atoms with Crippen molar-refractivity contribution in [2.24, 2.45) is 5.73 Å². The van der Waals surface area contributed by atoms with Crippen molar-refractivity contribution in [1.29, 1.82) is 0 Å². The number of hydrogen-bond acceptors (Lipinski definition) is 15. The molecule has 4 aromatic rings. The second-order valence-corrected chi connectivity index (χ2v) is 19.6. The summed E-state index contributed by atoms with van der Waals surface area (Å²) in [5.41, 5.74) is 21.0. The van der Waals surface area contributed by atoms with Gasteiger partial charge in [-0.15, -0.1) is 0 Å². The second kappa shape index (κ2) is 21.5. The fourth-order valence-electron chi connectivity index (χ4n) is 5.87. The van der Waals surface area contributed by atoms with E-state index in [0.717, 1.165) is 24.0 Å². The number of carbonyl (C=O) groups is 2. The minimum Gasteiger partial charge on any atom is -0.383 e. The second-order valence-electron chi connectivity index (χ2n) is 14.0. The van der Waals surface area contributed by atoms with Crippen LogP contribution in [0.3, 0.4) is 0 Å². The fourth-order valence-corrected chi connectivity index (χ4v) is 8.25. The van der Waals surface area contributed by atoms with Crippen LogP contribution in [0.5, 0.6) is 0 Å². The molecule has 2 aliphatic heterocycles. The number of aromatic nitrogens is 4. The van der Waals surface area contributed by atoms with Gasteiger partial charge >= 0.3 is 0 Å². The summed E-state index contributed by atoms with van der Waals surface area (Å²) >= 11 is 0. The van der Waals surface area contributed by atoms with Crippen LogP contribution in [0.15, 0.2) is 66.1 Å². The number of nitrogen functional groups attached to an aromatic ring is 2. The topological polar surface area (TPSA) is 268 Å². The lowest BCUT2D eigenvalue weighted by Gasteiger charge is -2.30. The third kappa shape index (κ3) is 14.2. The first-order chi connectivity index (χ1) is 27.3. The maximum atomic E-state index is 12.6. The molecule has 20 heteroatoms. The van der Waals surface area contributed by atoms with Crippen molar-refractivity contribution < 1.29 is 30.6 Å². The fraction of sp³-hybridized carbons (Fsp3) is 0.436. The van der Waals surface area contributed by atoms with Gasteiger partial charge in [0.25, 0.3) is 0 Å². The van der Waals surface area contributed by atoms with Crippen LogP contribution in [0, 0.1) is 13.8 Å². The number of piperidine rings is 2. The van der Waals surface area contributed by atoms with Crippen LogP contribution < -0.4 is 22.5 Å². The molecule has 2 aliphatic rings. The highest BCUT2D eigenvalue weighted by Crippen LogP contribution is 2.20. The number of nitrogens with one attached hydrogen (secondary N) is 1. The minimum absolute atomic E-state index is 0. The highest BCUT2D eigenvalue weighted by molar-refractivity contribution is 7.88. The van der Waals surface area contributed by atoms with E-state index in [1.54, 1.807) is 31.2 Å². The molecular weight excluding hydrogens is 817 g/mol. The molecule has 0 amide bonds. The van der Waals surface area contributed by atoms with E-state index in [0.29, 0.717) is 61.8 Å². The Balaban J connectivity index is 0.000000255. The number of hydrogen-bond donors (Lipinski definition) is 4. The summed E-state index contributed by atoms with van der Waals surface area (Å²) in [6.45, 7) is 7.74. The standard InChI is InChI=1S/C18H23N5O3S.C14H15N3O2S.C6H14N2O2S.CH4/c1-12-3-5-13(6-4-12)16(24)15-11-20-18(22-17(15)19)21-14-7-9-23(10-8-14)27(2,25)26;1-3-20(19)14-16-8-11(13(15)17-14)12(18)10-6-4-9(2)5-7-10;1-11(9,10)8-4-2-6(7)3-5-8;/h3-6,11,14H,7-10H2,1-2H3,(H3,19,20,21,22);4-8H,3H2,1-2H3,(H2,15,16,17);6H,2-5,7H2,1H3;1H4. The molecule has 6 rings (SSSR count). The summed E-state index contributed by atoms with van der Waals surface area (Å²) in [6, 6.07) is 14.6. The van der Waals surface area contributed by atoms with Crippen molar-refractivity contribution >= 4 is 60.0 Å². The largest absolute Gasteiger partial charge is 0.383 e. The molecule has 59 heavy (non-hydrogen) atoms. The van der Waals surface area contributed by atoms with E-state index in [4.69, 9.17) is 17.2 Å². The highest BCUT2D eigenvalue weighted by Gasteiger charge is 2.26. The molecule has 1 unspecified atom stereocenters. The van der Waals surface area contributed by atoms with Gasteiger partial charge in [-0.1, -0.05) is 74.0 Å². The van der Waals surface area contributed by atoms with Gasteiger partial charge in [0.15, 0.2) is 11.6 Å². The van der Waals surface area contributed by atoms with Gasteiger partial charge in [-0.2, -0.15) is 4.98 Å². The Morgan fingerprint density at radius 2 is 1.14 bits per heavy atom. The molecule has 2 saturated heterocycles. The molecule has 322 valence electrons. The number of ketones is 2. The Bertz CT molecular complexity index is 2300. The molecule has 0 aliphatic carbocycles. The zero-order chi connectivity index (χ0) is 42.8. The molecule has 17 nitrogen and oxygen atoms in total. The van der Waals surface area contributed by atoms with E-state index in [9.17, 15) is 30.6 Å². The van der Waals surface area contributed by atoms with Gasteiger partial charge in [-0.05, 0) is 39.5 Å². The molecule has 0 radical (unpaired) electrons. The lowest BCUT2D eigenvalue weighted by atomic mass is 10.0. The number of anilines is 3. The van der Waals surface area contributed by atoms with E-state index in [-0.39, 0.29) is 59.0 Å². The third-order valence-corrected chi connectivity index (χ3v) is 13.2. The van der Waals surface area contributed by atoms with Crippen LogP contribution in [-0.4, -0.2) is 118 Å². The SMILES string of the molecule is C.CCS(=O)c1ncc(C(=O)c2ccc(C)cc2)c(N)n1.CS(=O)(=O)N1CCC(N)CC1.Cc1ccc(C(=O)c2cnc(NC3CCN(S(C)(=O)=O)CC3)nc2N)cc1. The first-order valence-electron chi connectivity index (χ1n) is 18.5.